The van der Waals surface area contributed by atoms with Crippen molar-refractivity contribution in [2.24, 2.45) is 0 Å². The molecule has 9 nitrogen and oxygen atoms in total. The number of carbonyl (C=O) groups is 1. The molecule has 2 aliphatic rings. The number of rotatable bonds is 5. The lowest BCUT2D eigenvalue weighted by Crippen LogP contribution is -2.48. The molecular formula is C25H27N3O6S. The highest BCUT2D eigenvalue weighted by Crippen LogP contribution is 2.33. The van der Waals surface area contributed by atoms with Gasteiger partial charge in [0.05, 0.1) is 17.1 Å². The Morgan fingerprint density at radius 3 is 2.43 bits per heavy atom. The van der Waals surface area contributed by atoms with Crippen molar-refractivity contribution in [1.29, 1.82) is 0 Å². The number of benzene rings is 2. The maximum Gasteiger partial charge on any atom is 0.277 e. The van der Waals surface area contributed by atoms with E-state index in [0.29, 0.717) is 24.5 Å². The Balaban J connectivity index is 1.26. The smallest absolute Gasteiger partial charge is 0.277 e. The summed E-state index contributed by atoms with van der Waals surface area (Å²) < 4.78 is 44.2. The predicted octanol–water partition coefficient (Wildman–Crippen LogP) is 3.72. The van der Waals surface area contributed by atoms with E-state index in [4.69, 9.17) is 14.0 Å². The van der Waals surface area contributed by atoms with Gasteiger partial charge in [0.25, 0.3) is 5.91 Å². The van der Waals surface area contributed by atoms with Crippen molar-refractivity contribution in [1.82, 2.24) is 9.46 Å². The Morgan fingerprint density at radius 1 is 1.00 bits per heavy atom. The van der Waals surface area contributed by atoms with Crippen molar-refractivity contribution < 1.29 is 27.2 Å². The molecule has 35 heavy (non-hydrogen) atoms. The van der Waals surface area contributed by atoms with Crippen molar-refractivity contribution in [2.75, 3.05) is 18.4 Å². The number of hydrogen-bond acceptors (Lipinski definition) is 7. The van der Waals surface area contributed by atoms with Gasteiger partial charge in [-0.2, -0.15) is 4.31 Å². The van der Waals surface area contributed by atoms with Gasteiger partial charge in [-0.05, 0) is 68.8 Å². The van der Waals surface area contributed by atoms with Crippen LogP contribution in [0.1, 0.15) is 36.8 Å². The SMILES string of the molecule is C[C@H]1Cc2cc(-c3cc(C(=O)Nc4ccc(S(=O)(=O)N5C[C@H](C)O[C@@H](C)C5)cc4)no3)ccc2O1. The van der Waals surface area contributed by atoms with Crippen LogP contribution < -0.4 is 10.1 Å². The van der Waals surface area contributed by atoms with Crippen LogP contribution in [0.25, 0.3) is 11.3 Å². The van der Waals surface area contributed by atoms with Crippen LogP contribution in [0.2, 0.25) is 0 Å². The lowest BCUT2D eigenvalue weighted by Gasteiger charge is -2.34. The van der Waals surface area contributed by atoms with Gasteiger partial charge in [0, 0.05) is 36.8 Å². The van der Waals surface area contributed by atoms with Crippen molar-refractivity contribution in [3.63, 3.8) is 0 Å². The van der Waals surface area contributed by atoms with Gasteiger partial charge in [-0.15, -0.1) is 0 Å². The Morgan fingerprint density at radius 2 is 1.71 bits per heavy atom. The molecule has 0 radical (unpaired) electrons. The molecule has 3 aromatic rings. The third-order valence-corrected chi connectivity index (χ3v) is 7.91. The van der Waals surface area contributed by atoms with Gasteiger partial charge >= 0.3 is 0 Å². The Kier molecular flexibility index (Phi) is 6.12. The molecule has 1 aromatic heterocycles. The highest BCUT2D eigenvalue weighted by Gasteiger charge is 2.32. The third-order valence-electron chi connectivity index (χ3n) is 6.06. The van der Waals surface area contributed by atoms with Crippen LogP contribution in [-0.2, 0) is 21.2 Å². The van der Waals surface area contributed by atoms with Crippen LogP contribution in [0, 0.1) is 0 Å². The predicted molar refractivity (Wildman–Crippen MR) is 129 cm³/mol. The standard InChI is InChI=1S/C25H27N3O6S/c1-15-10-19-11-18(4-9-23(19)33-15)24-12-22(27-34-24)25(29)26-20-5-7-21(8-6-20)35(30,31)28-13-16(2)32-17(3)14-28/h4-9,11-12,15-17H,10,13-14H2,1-3H3,(H,26,29)/t15-,16-,17-/m0/s1. The quantitative estimate of drug-likeness (QED) is 0.572. The Labute approximate surface area is 204 Å². The molecule has 1 fully saturated rings. The fraction of sp³-hybridized carbons (Fsp3) is 0.360. The zero-order chi connectivity index (χ0) is 24.7. The summed E-state index contributed by atoms with van der Waals surface area (Å²) in [5, 5.41) is 6.63. The van der Waals surface area contributed by atoms with Gasteiger partial charge in [-0.3, -0.25) is 4.79 Å². The molecule has 5 rings (SSSR count). The summed E-state index contributed by atoms with van der Waals surface area (Å²) in [6, 6.07) is 13.4. The fourth-order valence-corrected chi connectivity index (χ4v) is 6.07. The largest absolute Gasteiger partial charge is 0.490 e. The summed E-state index contributed by atoms with van der Waals surface area (Å²) in [6.07, 6.45) is 0.611. The normalized spacial score (nSPS) is 22.4. The first-order valence-corrected chi connectivity index (χ1v) is 13.0. The minimum absolute atomic E-state index is 0.123. The highest BCUT2D eigenvalue weighted by molar-refractivity contribution is 7.89. The summed E-state index contributed by atoms with van der Waals surface area (Å²) in [6.45, 7) is 6.32. The number of sulfonamides is 1. The monoisotopic (exact) mass is 497 g/mol. The van der Waals surface area contributed by atoms with E-state index in [1.165, 1.54) is 16.4 Å². The number of hydrogen-bond donors (Lipinski definition) is 1. The lowest BCUT2D eigenvalue weighted by molar-refractivity contribution is -0.0440. The molecule has 1 N–H and O–H groups in total. The van der Waals surface area contributed by atoms with Crippen LogP contribution >= 0.6 is 0 Å². The Hall–Kier alpha value is -3.21. The first-order chi connectivity index (χ1) is 16.7. The number of ether oxygens (including phenoxy) is 2. The molecule has 0 spiro atoms. The van der Waals surface area contributed by atoms with Gasteiger partial charge in [-0.1, -0.05) is 5.16 Å². The molecule has 184 valence electrons. The average molecular weight is 498 g/mol. The second-order valence-electron chi connectivity index (χ2n) is 9.09. The average Bonchev–Trinajstić information content (AvgIpc) is 3.44. The number of fused-ring (bicyclic) bond motifs is 1. The molecule has 2 aromatic carbocycles. The first-order valence-electron chi connectivity index (χ1n) is 11.5. The zero-order valence-electron chi connectivity index (χ0n) is 19.7. The lowest BCUT2D eigenvalue weighted by atomic mass is 10.1. The molecule has 0 bridgehead atoms. The minimum Gasteiger partial charge on any atom is -0.490 e. The van der Waals surface area contributed by atoms with E-state index < -0.39 is 15.9 Å². The number of aromatic nitrogens is 1. The van der Waals surface area contributed by atoms with E-state index in [0.717, 1.165) is 23.3 Å². The number of amides is 1. The molecular weight excluding hydrogens is 470 g/mol. The summed E-state index contributed by atoms with van der Waals surface area (Å²) in [5.74, 6) is 0.888. The molecule has 1 saturated heterocycles. The molecule has 2 aliphatic heterocycles. The van der Waals surface area contributed by atoms with E-state index in [1.807, 2.05) is 39.0 Å². The molecule has 3 heterocycles. The van der Waals surface area contributed by atoms with E-state index in [2.05, 4.69) is 10.5 Å². The summed E-state index contributed by atoms with van der Waals surface area (Å²) in [7, 11) is -3.66. The second-order valence-corrected chi connectivity index (χ2v) is 11.0. The number of morpholine rings is 1. The maximum atomic E-state index is 13.0. The molecule has 0 unspecified atom stereocenters. The van der Waals surface area contributed by atoms with Crippen LogP contribution in [-0.4, -0.2) is 55.2 Å². The van der Waals surface area contributed by atoms with Gasteiger partial charge in [0.2, 0.25) is 10.0 Å². The van der Waals surface area contributed by atoms with Gasteiger partial charge in [-0.25, -0.2) is 8.42 Å². The van der Waals surface area contributed by atoms with Gasteiger partial charge in [0.1, 0.15) is 11.9 Å². The van der Waals surface area contributed by atoms with E-state index >= 15 is 0 Å². The van der Waals surface area contributed by atoms with Crippen molar-refractivity contribution >= 4 is 21.6 Å². The topological polar surface area (TPSA) is 111 Å². The van der Waals surface area contributed by atoms with E-state index in [1.54, 1.807) is 18.2 Å². The molecule has 10 heteroatoms. The summed E-state index contributed by atoms with van der Waals surface area (Å²) in [4.78, 5) is 12.9. The van der Waals surface area contributed by atoms with Gasteiger partial charge in [0.15, 0.2) is 11.5 Å². The van der Waals surface area contributed by atoms with Crippen LogP contribution in [0.4, 0.5) is 5.69 Å². The van der Waals surface area contributed by atoms with E-state index in [-0.39, 0.29) is 28.9 Å². The summed E-state index contributed by atoms with van der Waals surface area (Å²) >= 11 is 0. The van der Waals surface area contributed by atoms with Crippen LogP contribution in [0.5, 0.6) is 5.75 Å². The maximum absolute atomic E-state index is 13.0. The molecule has 0 saturated carbocycles. The Bertz CT molecular complexity index is 1340. The number of carbonyl (C=O) groups excluding carboxylic acids is 1. The molecule has 0 aliphatic carbocycles. The zero-order valence-corrected chi connectivity index (χ0v) is 20.5. The van der Waals surface area contributed by atoms with Crippen molar-refractivity contribution in [2.45, 2.75) is 50.4 Å². The van der Waals surface area contributed by atoms with Crippen LogP contribution in [0.15, 0.2) is 57.9 Å². The molecule has 1 amide bonds. The molecule has 3 atom stereocenters. The highest BCUT2D eigenvalue weighted by atomic mass is 32.2. The summed E-state index contributed by atoms with van der Waals surface area (Å²) in [5.41, 5.74) is 2.48. The number of anilines is 1. The number of nitrogens with zero attached hydrogens (tertiary/aromatic N) is 2. The van der Waals surface area contributed by atoms with Crippen LogP contribution in [0.3, 0.4) is 0 Å². The third kappa shape index (κ3) is 4.82. The number of nitrogens with one attached hydrogen (secondary N) is 1. The fourth-order valence-electron chi connectivity index (χ4n) is 4.47. The second kappa shape index (κ2) is 9.10. The van der Waals surface area contributed by atoms with Gasteiger partial charge < -0.3 is 19.3 Å². The first kappa shape index (κ1) is 23.5. The van der Waals surface area contributed by atoms with Crippen molar-refractivity contribution in [3.8, 4) is 17.1 Å². The minimum atomic E-state index is -3.66. The van der Waals surface area contributed by atoms with Crippen molar-refractivity contribution in [3.05, 3.63) is 59.8 Å². The van der Waals surface area contributed by atoms with E-state index in [9.17, 15) is 13.2 Å².